The summed E-state index contributed by atoms with van der Waals surface area (Å²) in [5.41, 5.74) is 2.27. The highest BCUT2D eigenvalue weighted by molar-refractivity contribution is 6.31. The highest BCUT2D eigenvalue weighted by atomic mass is 35.5. The smallest absolute Gasteiger partial charge is 0.156 e. The first-order valence-corrected chi connectivity index (χ1v) is 13.3. The number of hydrogen-bond donors (Lipinski definition) is 1. The van der Waals surface area contributed by atoms with Crippen molar-refractivity contribution in [3.63, 3.8) is 0 Å². The van der Waals surface area contributed by atoms with Gasteiger partial charge < -0.3 is 15.0 Å². The Kier molecular flexibility index (Phi) is 9.29. The Balaban J connectivity index is 0.00000304. The lowest BCUT2D eigenvalue weighted by atomic mass is 10.0. The second-order valence-corrected chi connectivity index (χ2v) is 10.6. The maximum Gasteiger partial charge on any atom is 0.156 e. The molecule has 5 rings (SSSR count). The van der Waals surface area contributed by atoms with E-state index in [9.17, 15) is 0 Å². The van der Waals surface area contributed by atoms with E-state index in [-0.39, 0.29) is 12.4 Å². The molecule has 1 unspecified atom stereocenters. The van der Waals surface area contributed by atoms with Crippen molar-refractivity contribution < 1.29 is 4.74 Å². The van der Waals surface area contributed by atoms with E-state index in [1.54, 1.807) is 0 Å². The van der Waals surface area contributed by atoms with Crippen LogP contribution in [0.15, 0.2) is 42.5 Å². The number of benzene rings is 2. The summed E-state index contributed by atoms with van der Waals surface area (Å²) in [6, 6.07) is 15.0. The van der Waals surface area contributed by atoms with Gasteiger partial charge in [-0.05, 0) is 82.4 Å². The number of anilines is 1. The average Bonchev–Trinajstić information content (AvgIpc) is 3.07. The number of aromatic nitrogens is 2. The molecule has 36 heavy (non-hydrogen) atoms. The van der Waals surface area contributed by atoms with Crippen molar-refractivity contribution in [2.24, 2.45) is 0 Å². The highest BCUT2D eigenvalue weighted by Crippen LogP contribution is 2.28. The molecule has 2 aliphatic rings. The molecule has 1 N–H and O–H groups in total. The fourth-order valence-electron chi connectivity index (χ4n) is 5.25. The molecule has 0 amide bonds. The summed E-state index contributed by atoms with van der Waals surface area (Å²) >= 11 is 6.26. The van der Waals surface area contributed by atoms with Gasteiger partial charge in [0.25, 0.3) is 0 Å². The summed E-state index contributed by atoms with van der Waals surface area (Å²) in [7, 11) is 2.20. The molecule has 0 radical (unpaired) electrons. The minimum Gasteiger partial charge on any atom is -0.490 e. The van der Waals surface area contributed by atoms with Gasteiger partial charge in [0.2, 0.25) is 0 Å². The summed E-state index contributed by atoms with van der Waals surface area (Å²) in [6.07, 6.45) is 5.96. The molecule has 0 spiro atoms. The predicted octanol–water partition coefficient (Wildman–Crippen LogP) is 5.95. The number of likely N-dealkylation sites (tertiary alicyclic amines) is 2. The second-order valence-electron chi connectivity index (χ2n) is 10.1. The first-order valence-electron chi connectivity index (χ1n) is 12.9. The minimum atomic E-state index is 0. The Morgan fingerprint density at radius 1 is 0.944 bits per heavy atom. The summed E-state index contributed by atoms with van der Waals surface area (Å²) in [5.74, 6) is 1.83. The van der Waals surface area contributed by atoms with Gasteiger partial charge in [0.05, 0.1) is 11.8 Å². The van der Waals surface area contributed by atoms with Crippen LogP contribution < -0.4 is 10.1 Å². The lowest BCUT2D eigenvalue weighted by molar-refractivity contribution is 0.183. The molecular weight excluding hydrogens is 493 g/mol. The molecule has 1 atom stereocenters. The van der Waals surface area contributed by atoms with Crippen LogP contribution in [0.1, 0.15) is 43.4 Å². The monoisotopic (exact) mass is 529 g/mol. The molecule has 2 fully saturated rings. The Morgan fingerprint density at radius 2 is 1.72 bits per heavy atom. The number of rotatable bonds is 6. The second kappa shape index (κ2) is 12.4. The SMILES string of the molecule is Cc1nnc(NC2CCN(Cc3ccc(OC4CCCN(C)CC4)cc3)CC2)c2cc(Cl)ccc12.Cl. The first-order chi connectivity index (χ1) is 17.0. The predicted molar refractivity (Wildman–Crippen MR) is 151 cm³/mol. The number of halogens is 2. The van der Waals surface area contributed by atoms with E-state index >= 15 is 0 Å². The standard InChI is InChI=1S/C28H36ClN5O.ClH/c1-20-26-10-7-22(29)18-27(26)28(32-31-20)30-23-11-16-34(17-12-23)19-21-5-8-25(9-6-21)35-24-4-3-14-33(2)15-13-24;/h5-10,18,23-24H,3-4,11-17,19H2,1-2H3,(H,30,32);1H. The fourth-order valence-corrected chi connectivity index (χ4v) is 5.42. The van der Waals surface area contributed by atoms with Gasteiger partial charge in [0, 0.05) is 48.0 Å². The van der Waals surface area contributed by atoms with Gasteiger partial charge in [-0.2, -0.15) is 5.10 Å². The van der Waals surface area contributed by atoms with Crippen LogP contribution >= 0.6 is 24.0 Å². The van der Waals surface area contributed by atoms with E-state index < -0.39 is 0 Å². The van der Waals surface area contributed by atoms with Crippen LogP contribution in [-0.4, -0.2) is 65.4 Å². The Hall–Kier alpha value is -2.12. The summed E-state index contributed by atoms with van der Waals surface area (Å²) in [6.45, 7) is 7.37. The number of hydrogen-bond acceptors (Lipinski definition) is 6. The number of piperidine rings is 1. The largest absolute Gasteiger partial charge is 0.490 e. The number of nitrogens with zero attached hydrogens (tertiary/aromatic N) is 4. The zero-order valence-electron chi connectivity index (χ0n) is 21.3. The Morgan fingerprint density at radius 3 is 2.50 bits per heavy atom. The first kappa shape index (κ1) is 26.9. The van der Waals surface area contributed by atoms with Gasteiger partial charge in [-0.3, -0.25) is 4.90 Å². The number of aryl methyl sites for hydroxylation is 1. The average molecular weight is 531 g/mol. The van der Waals surface area contributed by atoms with Crippen molar-refractivity contribution in [2.45, 2.75) is 57.7 Å². The number of ether oxygens (including phenoxy) is 1. The van der Waals surface area contributed by atoms with E-state index in [4.69, 9.17) is 16.3 Å². The van der Waals surface area contributed by atoms with Crippen LogP contribution in [0.4, 0.5) is 5.82 Å². The minimum absolute atomic E-state index is 0. The van der Waals surface area contributed by atoms with Gasteiger partial charge in [0.15, 0.2) is 5.82 Å². The summed E-state index contributed by atoms with van der Waals surface area (Å²) < 4.78 is 6.28. The van der Waals surface area contributed by atoms with Crippen molar-refractivity contribution in [2.75, 3.05) is 38.5 Å². The van der Waals surface area contributed by atoms with E-state index in [0.29, 0.717) is 12.1 Å². The number of nitrogens with one attached hydrogen (secondary N) is 1. The third-order valence-corrected chi connectivity index (χ3v) is 7.62. The third kappa shape index (κ3) is 6.80. The van der Waals surface area contributed by atoms with E-state index in [1.807, 2.05) is 25.1 Å². The maximum absolute atomic E-state index is 6.28. The third-order valence-electron chi connectivity index (χ3n) is 7.39. The Bertz CT molecular complexity index is 1130. The van der Waals surface area contributed by atoms with Crippen molar-refractivity contribution in [1.82, 2.24) is 20.0 Å². The quantitative estimate of drug-likeness (QED) is 0.425. The molecule has 2 saturated heterocycles. The van der Waals surface area contributed by atoms with Crippen LogP contribution in [0.3, 0.4) is 0 Å². The van der Waals surface area contributed by atoms with Gasteiger partial charge in [-0.15, -0.1) is 17.5 Å². The maximum atomic E-state index is 6.28. The van der Waals surface area contributed by atoms with E-state index in [1.165, 1.54) is 18.5 Å². The van der Waals surface area contributed by atoms with Crippen molar-refractivity contribution >= 4 is 40.6 Å². The van der Waals surface area contributed by atoms with Crippen LogP contribution in [-0.2, 0) is 6.54 Å². The van der Waals surface area contributed by atoms with Gasteiger partial charge in [-0.25, -0.2) is 0 Å². The van der Waals surface area contributed by atoms with Gasteiger partial charge in [-0.1, -0.05) is 29.8 Å². The lowest BCUT2D eigenvalue weighted by Gasteiger charge is -2.32. The molecule has 3 heterocycles. The Labute approximate surface area is 225 Å². The fraction of sp³-hybridized carbons (Fsp3) is 0.500. The molecule has 2 aliphatic heterocycles. The molecular formula is C28H37Cl2N5O. The van der Waals surface area contributed by atoms with Crippen LogP contribution in [0.5, 0.6) is 5.75 Å². The molecule has 3 aromatic rings. The molecule has 0 aliphatic carbocycles. The molecule has 1 aromatic heterocycles. The lowest BCUT2D eigenvalue weighted by Crippen LogP contribution is -2.38. The highest BCUT2D eigenvalue weighted by Gasteiger charge is 2.21. The molecule has 8 heteroatoms. The molecule has 2 aromatic carbocycles. The molecule has 0 saturated carbocycles. The molecule has 6 nitrogen and oxygen atoms in total. The molecule has 194 valence electrons. The van der Waals surface area contributed by atoms with Crippen LogP contribution in [0, 0.1) is 6.92 Å². The summed E-state index contributed by atoms with van der Waals surface area (Å²) in [4.78, 5) is 4.93. The van der Waals surface area contributed by atoms with E-state index in [2.05, 4.69) is 56.6 Å². The zero-order valence-corrected chi connectivity index (χ0v) is 22.8. The van der Waals surface area contributed by atoms with E-state index in [0.717, 1.165) is 84.9 Å². The summed E-state index contributed by atoms with van der Waals surface area (Å²) in [5, 5.41) is 15.3. The van der Waals surface area contributed by atoms with Crippen molar-refractivity contribution in [1.29, 1.82) is 0 Å². The van der Waals surface area contributed by atoms with Crippen LogP contribution in [0.2, 0.25) is 5.02 Å². The van der Waals surface area contributed by atoms with Crippen LogP contribution in [0.25, 0.3) is 10.8 Å². The topological polar surface area (TPSA) is 53.5 Å². The van der Waals surface area contributed by atoms with Crippen molar-refractivity contribution in [3.8, 4) is 5.75 Å². The van der Waals surface area contributed by atoms with Crippen molar-refractivity contribution in [3.05, 3.63) is 58.7 Å². The molecule has 0 bridgehead atoms. The zero-order chi connectivity index (χ0) is 24.2. The van der Waals surface area contributed by atoms with Gasteiger partial charge in [0.1, 0.15) is 5.75 Å². The van der Waals surface area contributed by atoms with Gasteiger partial charge >= 0.3 is 0 Å². The normalized spacial score (nSPS) is 20.0. The number of fused-ring (bicyclic) bond motifs is 1.